The molecule has 1 saturated heterocycles. The second-order valence-corrected chi connectivity index (χ2v) is 9.41. The normalized spacial score (nSPS) is 23.6. The Kier molecular flexibility index (Phi) is 4.71. The first kappa shape index (κ1) is 18.9. The van der Waals surface area contributed by atoms with Crippen molar-refractivity contribution in [3.05, 3.63) is 54.0 Å². The Morgan fingerprint density at radius 3 is 2.87 bits per heavy atom. The van der Waals surface area contributed by atoms with Crippen molar-refractivity contribution < 1.29 is 0 Å². The van der Waals surface area contributed by atoms with Crippen LogP contribution in [0.25, 0.3) is 11.4 Å². The van der Waals surface area contributed by atoms with Crippen molar-refractivity contribution in [2.45, 2.75) is 62.9 Å². The van der Waals surface area contributed by atoms with Crippen LogP contribution in [0.3, 0.4) is 0 Å². The van der Waals surface area contributed by atoms with E-state index >= 15 is 0 Å². The monoisotopic (exact) mass is 415 g/mol. The minimum absolute atomic E-state index is 0.115. The van der Waals surface area contributed by atoms with Gasteiger partial charge in [0.25, 0.3) is 0 Å². The van der Waals surface area contributed by atoms with Gasteiger partial charge in [0, 0.05) is 60.0 Å². The van der Waals surface area contributed by atoms with Crippen LogP contribution in [-0.2, 0) is 18.4 Å². The van der Waals surface area contributed by atoms with Crippen LogP contribution in [0.4, 0.5) is 5.82 Å². The first-order valence-electron chi connectivity index (χ1n) is 11.6. The highest BCUT2D eigenvalue weighted by Crippen LogP contribution is 2.47. The number of hydrogen-bond acceptors (Lipinski definition) is 6. The molecular weight excluding hydrogens is 386 g/mol. The van der Waals surface area contributed by atoms with Gasteiger partial charge in [-0.2, -0.15) is 0 Å². The Bertz CT molecular complexity index is 1050. The lowest BCUT2D eigenvalue weighted by molar-refractivity contribution is 0.135. The van der Waals surface area contributed by atoms with Gasteiger partial charge >= 0.3 is 0 Å². The van der Waals surface area contributed by atoms with E-state index in [0.717, 1.165) is 49.7 Å². The molecule has 3 aromatic heterocycles. The highest BCUT2D eigenvalue weighted by molar-refractivity contribution is 5.61. The molecule has 0 radical (unpaired) electrons. The summed E-state index contributed by atoms with van der Waals surface area (Å²) in [7, 11) is 0. The Morgan fingerprint density at radius 1 is 1.13 bits per heavy atom. The molecule has 1 aliphatic heterocycles. The summed E-state index contributed by atoms with van der Waals surface area (Å²) < 4.78 is 0. The Balaban J connectivity index is 1.37. The topological polar surface area (TPSA) is 82.6 Å². The maximum atomic E-state index is 5.21. The van der Waals surface area contributed by atoms with Gasteiger partial charge in [-0.3, -0.25) is 9.88 Å². The predicted molar refractivity (Wildman–Crippen MR) is 120 cm³/mol. The number of anilines is 1. The standard InChI is InChI=1S/C24H29N7/c1-5-18(6-1)28-23-20-7-9-24(8-3-11-31(15-24)14-19-13-26-16-27-19)21(20)29-22(30-23)17-4-2-10-25-12-17/h2,4,10,12-13,16,18H,1,3,5-9,11,14-15H2,(H,26,27)(H,28,29,30). The number of aromatic nitrogens is 5. The number of nitrogens with one attached hydrogen (secondary N) is 2. The maximum Gasteiger partial charge on any atom is 0.163 e. The third-order valence-electron chi connectivity index (χ3n) is 7.33. The lowest BCUT2D eigenvalue weighted by Crippen LogP contribution is -2.45. The van der Waals surface area contributed by atoms with Crippen molar-refractivity contribution in [1.82, 2.24) is 29.8 Å². The number of imidazole rings is 1. The van der Waals surface area contributed by atoms with Crippen LogP contribution < -0.4 is 5.32 Å². The van der Waals surface area contributed by atoms with Crippen LogP contribution in [0.1, 0.15) is 55.5 Å². The van der Waals surface area contributed by atoms with Gasteiger partial charge in [-0.05, 0) is 63.6 Å². The number of piperidine rings is 1. The average molecular weight is 416 g/mol. The molecule has 6 rings (SSSR count). The summed E-state index contributed by atoms with van der Waals surface area (Å²) in [6.07, 6.45) is 15.8. The second-order valence-electron chi connectivity index (χ2n) is 9.41. The van der Waals surface area contributed by atoms with Gasteiger partial charge in [0.05, 0.1) is 12.0 Å². The molecule has 2 fully saturated rings. The number of nitrogens with zero attached hydrogens (tertiary/aromatic N) is 5. The van der Waals surface area contributed by atoms with Crippen LogP contribution >= 0.6 is 0 Å². The minimum atomic E-state index is 0.115. The molecule has 0 aromatic carbocycles. The zero-order valence-electron chi connectivity index (χ0n) is 17.8. The Morgan fingerprint density at radius 2 is 2.10 bits per heavy atom. The third kappa shape index (κ3) is 3.51. The average Bonchev–Trinajstić information content (AvgIpc) is 3.40. The molecule has 1 saturated carbocycles. The Labute approximate surface area is 182 Å². The SMILES string of the molecule is c1cncc(-c2nc(NC3CCC3)c3c(n2)C2(CCCN(Cc4cnc[nH]4)C2)CC3)c1. The van der Waals surface area contributed by atoms with Gasteiger partial charge in [-0.15, -0.1) is 0 Å². The zero-order valence-corrected chi connectivity index (χ0v) is 17.8. The van der Waals surface area contributed by atoms with Gasteiger partial charge in [-0.25, -0.2) is 15.0 Å². The van der Waals surface area contributed by atoms with E-state index in [9.17, 15) is 0 Å². The summed E-state index contributed by atoms with van der Waals surface area (Å²) in [4.78, 5) is 24.5. The first-order chi connectivity index (χ1) is 15.3. The fraction of sp³-hybridized carbons (Fsp3) is 0.500. The van der Waals surface area contributed by atoms with E-state index in [4.69, 9.17) is 9.97 Å². The molecule has 1 unspecified atom stereocenters. The van der Waals surface area contributed by atoms with E-state index in [2.05, 4.69) is 31.2 Å². The number of rotatable bonds is 5. The van der Waals surface area contributed by atoms with Gasteiger partial charge < -0.3 is 10.3 Å². The molecule has 2 N–H and O–H groups in total. The van der Waals surface area contributed by atoms with Crippen molar-refractivity contribution in [3.8, 4) is 11.4 Å². The smallest absolute Gasteiger partial charge is 0.163 e. The molecule has 7 nitrogen and oxygen atoms in total. The molecule has 7 heteroatoms. The number of fused-ring (bicyclic) bond motifs is 2. The van der Waals surface area contributed by atoms with Crippen LogP contribution in [0.5, 0.6) is 0 Å². The lowest BCUT2D eigenvalue weighted by Gasteiger charge is -2.40. The van der Waals surface area contributed by atoms with Crippen molar-refractivity contribution in [1.29, 1.82) is 0 Å². The lowest BCUT2D eigenvalue weighted by atomic mass is 9.77. The summed E-state index contributed by atoms with van der Waals surface area (Å²) in [6, 6.07) is 4.59. The summed E-state index contributed by atoms with van der Waals surface area (Å²) in [5.74, 6) is 1.87. The van der Waals surface area contributed by atoms with E-state index in [1.54, 1.807) is 12.5 Å². The molecule has 0 amide bonds. The summed E-state index contributed by atoms with van der Waals surface area (Å²) in [5, 5.41) is 3.76. The molecule has 1 atom stereocenters. The van der Waals surface area contributed by atoms with E-state index in [-0.39, 0.29) is 5.41 Å². The first-order valence-corrected chi connectivity index (χ1v) is 11.6. The van der Waals surface area contributed by atoms with Crippen LogP contribution in [0.15, 0.2) is 37.1 Å². The largest absolute Gasteiger partial charge is 0.367 e. The molecular formula is C24H29N7. The number of hydrogen-bond donors (Lipinski definition) is 2. The predicted octanol–water partition coefficient (Wildman–Crippen LogP) is 3.71. The second kappa shape index (κ2) is 7.71. The van der Waals surface area contributed by atoms with Crippen LogP contribution in [-0.4, -0.2) is 49.0 Å². The van der Waals surface area contributed by atoms with E-state index in [0.29, 0.717) is 6.04 Å². The Hall–Kier alpha value is -2.80. The number of likely N-dealkylation sites (tertiary alicyclic amines) is 1. The van der Waals surface area contributed by atoms with Crippen molar-refractivity contribution in [2.75, 3.05) is 18.4 Å². The molecule has 31 heavy (non-hydrogen) atoms. The van der Waals surface area contributed by atoms with Gasteiger partial charge in [0.15, 0.2) is 5.82 Å². The molecule has 160 valence electrons. The maximum absolute atomic E-state index is 5.21. The highest BCUT2D eigenvalue weighted by atomic mass is 15.2. The van der Waals surface area contributed by atoms with Crippen molar-refractivity contribution in [3.63, 3.8) is 0 Å². The third-order valence-corrected chi connectivity index (χ3v) is 7.33. The van der Waals surface area contributed by atoms with E-state index in [1.165, 1.54) is 49.1 Å². The fourth-order valence-electron chi connectivity index (χ4n) is 5.50. The molecule has 4 heterocycles. The summed E-state index contributed by atoms with van der Waals surface area (Å²) >= 11 is 0. The van der Waals surface area contributed by atoms with Crippen molar-refractivity contribution in [2.24, 2.45) is 0 Å². The van der Waals surface area contributed by atoms with E-state index < -0.39 is 0 Å². The van der Waals surface area contributed by atoms with Gasteiger partial charge in [0.2, 0.25) is 0 Å². The van der Waals surface area contributed by atoms with Gasteiger partial charge in [0.1, 0.15) is 5.82 Å². The number of aromatic amines is 1. The summed E-state index contributed by atoms with van der Waals surface area (Å²) in [5.41, 5.74) is 4.92. The quantitative estimate of drug-likeness (QED) is 0.661. The molecule has 1 spiro atoms. The number of pyridine rings is 1. The molecule has 3 aliphatic rings. The molecule has 0 bridgehead atoms. The zero-order chi connectivity index (χ0) is 20.7. The van der Waals surface area contributed by atoms with Crippen LogP contribution in [0, 0.1) is 0 Å². The number of H-pyrrole nitrogens is 1. The van der Waals surface area contributed by atoms with E-state index in [1.807, 2.05) is 18.5 Å². The van der Waals surface area contributed by atoms with Crippen molar-refractivity contribution >= 4 is 5.82 Å². The minimum Gasteiger partial charge on any atom is -0.367 e. The molecule has 3 aromatic rings. The van der Waals surface area contributed by atoms with Gasteiger partial charge in [-0.1, -0.05) is 0 Å². The molecule has 2 aliphatic carbocycles. The highest BCUT2D eigenvalue weighted by Gasteiger charge is 2.45. The summed E-state index contributed by atoms with van der Waals surface area (Å²) in [6.45, 7) is 3.10. The fourth-order valence-corrected chi connectivity index (χ4v) is 5.50. The van der Waals surface area contributed by atoms with Crippen LogP contribution in [0.2, 0.25) is 0 Å².